The average molecular weight is 406 g/mol. The summed E-state index contributed by atoms with van der Waals surface area (Å²) >= 11 is 0. The Kier molecular flexibility index (Phi) is 4.93. The van der Waals surface area contributed by atoms with Crippen molar-refractivity contribution in [2.24, 2.45) is 0 Å². The van der Waals surface area contributed by atoms with Gasteiger partial charge in [0.15, 0.2) is 5.65 Å². The lowest BCUT2D eigenvalue weighted by atomic mass is 9.87. The third-order valence-corrected chi connectivity index (χ3v) is 5.85. The monoisotopic (exact) mass is 405 g/mol. The fraction of sp³-hybridized carbons (Fsp3) is 0.458. The second kappa shape index (κ2) is 7.20. The van der Waals surface area contributed by atoms with Gasteiger partial charge in [-0.25, -0.2) is 9.50 Å². The van der Waals surface area contributed by atoms with Crippen molar-refractivity contribution in [2.75, 3.05) is 19.6 Å². The number of hydrogen-bond donors (Lipinski definition) is 1. The number of rotatable bonds is 2. The molecule has 0 unspecified atom stereocenters. The van der Waals surface area contributed by atoms with Crippen LogP contribution in [-0.2, 0) is 5.41 Å². The maximum atomic E-state index is 13.3. The van der Waals surface area contributed by atoms with Crippen LogP contribution in [0.3, 0.4) is 0 Å². The third-order valence-electron chi connectivity index (χ3n) is 5.85. The molecule has 1 amide bonds. The van der Waals surface area contributed by atoms with Gasteiger partial charge in [0.1, 0.15) is 5.69 Å². The molecule has 1 fully saturated rings. The van der Waals surface area contributed by atoms with Gasteiger partial charge in [-0.3, -0.25) is 4.79 Å². The van der Waals surface area contributed by atoms with Gasteiger partial charge in [-0.1, -0.05) is 50.6 Å². The van der Waals surface area contributed by atoms with Crippen molar-refractivity contribution in [2.45, 2.75) is 52.5 Å². The lowest BCUT2D eigenvalue weighted by Crippen LogP contribution is -2.59. The number of carbonyl (C=O) groups excluding carboxylic acids is 1. The number of nitrogens with one attached hydrogen (secondary N) is 1. The first kappa shape index (κ1) is 20.5. The van der Waals surface area contributed by atoms with Crippen molar-refractivity contribution < 1.29 is 4.79 Å². The first-order valence-electron chi connectivity index (χ1n) is 10.6. The molecule has 0 aliphatic carbocycles. The molecule has 1 N–H and O–H groups in total. The highest BCUT2D eigenvalue weighted by Crippen LogP contribution is 2.30. The molecule has 4 rings (SSSR count). The van der Waals surface area contributed by atoms with E-state index in [1.165, 1.54) is 5.56 Å². The largest absolute Gasteiger partial charge is 0.330 e. The fourth-order valence-corrected chi connectivity index (χ4v) is 4.00. The normalized spacial score (nSPS) is 16.8. The summed E-state index contributed by atoms with van der Waals surface area (Å²) in [6, 6.07) is 10.5. The standard InChI is InChI=1S/C24H31N5O/c1-16-7-9-17(10-8-16)19-13-18(23(2,3)4)21-26-20(14-29(21)27-19)22(30)28-12-11-25-15-24(28,5)6/h7-10,13-14,25H,11-12,15H2,1-6H3. The highest BCUT2D eigenvalue weighted by atomic mass is 16.2. The summed E-state index contributed by atoms with van der Waals surface area (Å²) in [6.07, 6.45) is 1.78. The first-order chi connectivity index (χ1) is 14.1. The molecule has 0 bridgehead atoms. The van der Waals surface area contributed by atoms with E-state index in [-0.39, 0.29) is 16.9 Å². The number of aryl methyl sites for hydroxylation is 1. The van der Waals surface area contributed by atoms with Crippen LogP contribution in [0, 0.1) is 6.92 Å². The van der Waals surface area contributed by atoms with Crippen LogP contribution in [0.2, 0.25) is 0 Å². The Morgan fingerprint density at radius 1 is 1.17 bits per heavy atom. The van der Waals surface area contributed by atoms with E-state index >= 15 is 0 Å². The lowest BCUT2D eigenvalue weighted by Gasteiger charge is -2.42. The zero-order chi connectivity index (χ0) is 21.7. The van der Waals surface area contributed by atoms with Crippen LogP contribution in [-0.4, -0.2) is 50.6 Å². The average Bonchev–Trinajstić information content (AvgIpc) is 3.10. The second-order valence-electron chi connectivity index (χ2n) is 9.90. The van der Waals surface area contributed by atoms with Crippen LogP contribution < -0.4 is 5.32 Å². The molecule has 6 nitrogen and oxygen atoms in total. The van der Waals surface area contributed by atoms with E-state index in [4.69, 9.17) is 10.1 Å². The molecule has 1 aromatic carbocycles. The molecule has 30 heavy (non-hydrogen) atoms. The molecule has 0 spiro atoms. The molecular formula is C24H31N5O. The molecule has 3 heterocycles. The molecule has 1 aliphatic rings. The van der Waals surface area contributed by atoms with Gasteiger partial charge in [-0.05, 0) is 32.3 Å². The summed E-state index contributed by atoms with van der Waals surface area (Å²) in [4.78, 5) is 20.0. The van der Waals surface area contributed by atoms with E-state index in [9.17, 15) is 4.79 Å². The van der Waals surface area contributed by atoms with Gasteiger partial charge in [-0.2, -0.15) is 5.10 Å². The minimum absolute atomic E-state index is 0.0382. The lowest BCUT2D eigenvalue weighted by molar-refractivity contribution is 0.0472. The van der Waals surface area contributed by atoms with E-state index in [1.807, 2.05) is 4.90 Å². The Labute approximate surface area is 178 Å². The molecule has 6 heteroatoms. The highest BCUT2D eigenvalue weighted by molar-refractivity contribution is 5.93. The summed E-state index contributed by atoms with van der Waals surface area (Å²) in [5.41, 5.74) is 5.03. The predicted molar refractivity (Wildman–Crippen MR) is 120 cm³/mol. The summed E-state index contributed by atoms with van der Waals surface area (Å²) < 4.78 is 1.78. The fourth-order valence-electron chi connectivity index (χ4n) is 4.00. The number of piperazine rings is 1. The van der Waals surface area contributed by atoms with Gasteiger partial charge >= 0.3 is 0 Å². The van der Waals surface area contributed by atoms with Crippen LogP contribution in [0.5, 0.6) is 0 Å². The Morgan fingerprint density at radius 3 is 2.50 bits per heavy atom. The summed E-state index contributed by atoms with van der Waals surface area (Å²) in [7, 11) is 0. The number of fused-ring (bicyclic) bond motifs is 1. The van der Waals surface area contributed by atoms with E-state index in [2.05, 4.69) is 77.2 Å². The Morgan fingerprint density at radius 2 is 1.87 bits per heavy atom. The maximum absolute atomic E-state index is 13.3. The van der Waals surface area contributed by atoms with Crippen LogP contribution in [0.25, 0.3) is 16.9 Å². The predicted octanol–water partition coefficient (Wildman–Crippen LogP) is 3.83. The van der Waals surface area contributed by atoms with Crippen LogP contribution >= 0.6 is 0 Å². The molecule has 0 saturated carbocycles. The molecule has 1 saturated heterocycles. The summed E-state index contributed by atoms with van der Waals surface area (Å²) in [6.45, 7) is 15.0. The molecule has 3 aromatic rings. The van der Waals surface area contributed by atoms with Gasteiger partial charge in [-0.15, -0.1) is 0 Å². The molecule has 1 aliphatic heterocycles. The number of aromatic nitrogens is 3. The molecule has 0 radical (unpaired) electrons. The third kappa shape index (κ3) is 3.72. The van der Waals surface area contributed by atoms with Crippen molar-refractivity contribution in [3.63, 3.8) is 0 Å². The zero-order valence-corrected chi connectivity index (χ0v) is 18.8. The van der Waals surface area contributed by atoms with Gasteiger partial charge < -0.3 is 10.2 Å². The highest BCUT2D eigenvalue weighted by Gasteiger charge is 2.35. The van der Waals surface area contributed by atoms with Gasteiger partial charge in [0.2, 0.25) is 0 Å². The maximum Gasteiger partial charge on any atom is 0.274 e. The Balaban J connectivity index is 1.83. The SMILES string of the molecule is Cc1ccc(-c2cc(C(C)(C)C)c3nc(C(=O)N4CCNCC4(C)C)cn3n2)cc1. The number of imidazole rings is 1. The van der Waals surface area contributed by atoms with Crippen molar-refractivity contribution in [1.29, 1.82) is 0 Å². The van der Waals surface area contributed by atoms with Crippen LogP contribution in [0.15, 0.2) is 36.5 Å². The number of nitrogens with zero attached hydrogens (tertiary/aromatic N) is 4. The van der Waals surface area contributed by atoms with Crippen molar-refractivity contribution in [3.05, 3.63) is 53.3 Å². The minimum atomic E-state index is -0.252. The topological polar surface area (TPSA) is 62.5 Å². The molecule has 2 aromatic heterocycles. The number of carbonyl (C=O) groups is 1. The quantitative estimate of drug-likeness (QED) is 0.704. The number of benzene rings is 1. The van der Waals surface area contributed by atoms with E-state index in [0.717, 1.165) is 35.6 Å². The molecular weight excluding hydrogens is 374 g/mol. The smallest absolute Gasteiger partial charge is 0.274 e. The molecule has 0 atom stereocenters. The van der Waals surface area contributed by atoms with E-state index < -0.39 is 0 Å². The van der Waals surface area contributed by atoms with Crippen molar-refractivity contribution in [1.82, 2.24) is 24.8 Å². The van der Waals surface area contributed by atoms with E-state index in [1.54, 1.807) is 10.7 Å². The van der Waals surface area contributed by atoms with Gasteiger partial charge in [0.05, 0.1) is 17.4 Å². The number of hydrogen-bond acceptors (Lipinski definition) is 4. The molecule has 158 valence electrons. The van der Waals surface area contributed by atoms with Crippen LogP contribution in [0.4, 0.5) is 0 Å². The van der Waals surface area contributed by atoms with Crippen LogP contribution in [0.1, 0.15) is 56.2 Å². The Hall–Kier alpha value is -2.73. The minimum Gasteiger partial charge on any atom is -0.330 e. The Bertz CT molecular complexity index is 1090. The first-order valence-corrected chi connectivity index (χ1v) is 10.6. The van der Waals surface area contributed by atoms with Crippen molar-refractivity contribution >= 4 is 11.6 Å². The summed E-state index contributed by atoms with van der Waals surface area (Å²) in [5.74, 6) is -0.0382. The van der Waals surface area contributed by atoms with E-state index in [0.29, 0.717) is 12.2 Å². The second-order valence-corrected chi connectivity index (χ2v) is 9.90. The van der Waals surface area contributed by atoms with Gasteiger partial charge in [0, 0.05) is 30.8 Å². The zero-order valence-electron chi connectivity index (χ0n) is 18.8. The summed E-state index contributed by atoms with van der Waals surface area (Å²) in [5, 5.41) is 8.17. The van der Waals surface area contributed by atoms with Gasteiger partial charge in [0.25, 0.3) is 5.91 Å². The van der Waals surface area contributed by atoms with Crippen molar-refractivity contribution in [3.8, 4) is 11.3 Å². The number of amides is 1.